The van der Waals surface area contributed by atoms with Gasteiger partial charge in [0.05, 0.1) is 19.2 Å². The number of hydrogen-bond acceptors (Lipinski definition) is 6. The lowest BCUT2D eigenvalue weighted by molar-refractivity contribution is 0.414. The number of aromatic nitrogens is 1. The molecule has 7 heteroatoms. The van der Waals surface area contributed by atoms with E-state index in [2.05, 4.69) is 4.98 Å². The molecule has 0 radical (unpaired) electrons. The van der Waals surface area contributed by atoms with Gasteiger partial charge in [-0.05, 0) is 42.3 Å². The van der Waals surface area contributed by atoms with Gasteiger partial charge in [0.15, 0.2) is 0 Å². The van der Waals surface area contributed by atoms with Crippen LogP contribution in [0.2, 0.25) is 0 Å². The van der Waals surface area contributed by atoms with Crippen LogP contribution in [0.15, 0.2) is 36.4 Å². The highest BCUT2D eigenvalue weighted by atomic mass is 16.5. The van der Waals surface area contributed by atoms with Gasteiger partial charge in [-0.2, -0.15) is 0 Å². The number of hydrazine groups is 1. The number of methoxy groups -OCH3 is 1. The Bertz CT molecular complexity index is 605. The van der Waals surface area contributed by atoms with E-state index in [-0.39, 0.29) is 5.59 Å². The second kappa shape index (κ2) is 6.58. The maximum Gasteiger partial charge on any atom is 0.508 e. The Morgan fingerprint density at radius 2 is 1.90 bits per heavy atom. The molecule has 2 rings (SSSR count). The predicted molar refractivity (Wildman–Crippen MR) is 82.2 cm³/mol. The fourth-order valence-electron chi connectivity index (χ4n) is 1.96. The Morgan fingerprint density at radius 3 is 2.48 bits per heavy atom. The van der Waals surface area contributed by atoms with Crippen LogP contribution in [-0.4, -0.2) is 29.3 Å². The zero-order valence-corrected chi connectivity index (χ0v) is 12.0. The maximum absolute atomic E-state index is 9.22. The van der Waals surface area contributed by atoms with Crippen molar-refractivity contribution in [2.24, 2.45) is 5.84 Å². The molecule has 0 amide bonds. The van der Waals surface area contributed by atoms with Crippen LogP contribution in [0.4, 0.5) is 5.82 Å². The summed E-state index contributed by atoms with van der Waals surface area (Å²) in [6.07, 6.45) is 0. The third-order valence-corrected chi connectivity index (χ3v) is 3.05. The Hall–Kier alpha value is -2.09. The fraction of sp³-hybridized carbons (Fsp3) is 0.214. The van der Waals surface area contributed by atoms with Crippen molar-refractivity contribution in [1.82, 2.24) is 4.98 Å². The monoisotopic (exact) mass is 287 g/mol. The minimum absolute atomic E-state index is 0.176. The number of pyridine rings is 1. The smallest absolute Gasteiger partial charge is 0.497 e. The van der Waals surface area contributed by atoms with Crippen LogP contribution in [0.3, 0.4) is 0 Å². The molecule has 0 aliphatic rings. The first-order valence-corrected chi connectivity index (χ1v) is 6.49. The number of anilines is 1. The van der Waals surface area contributed by atoms with Crippen LogP contribution in [0.25, 0.3) is 0 Å². The lowest BCUT2D eigenvalue weighted by Crippen LogP contribution is -2.37. The van der Waals surface area contributed by atoms with Crippen LogP contribution in [0, 0.1) is 6.92 Å². The summed E-state index contributed by atoms with van der Waals surface area (Å²) in [5, 5.41) is 19.9. The quantitative estimate of drug-likeness (QED) is 0.406. The van der Waals surface area contributed by atoms with Crippen molar-refractivity contribution in [3.05, 3.63) is 47.5 Å². The molecule has 2 aromatic rings. The Labute approximate surface area is 123 Å². The molecule has 0 atom stereocenters. The third kappa shape index (κ3) is 3.94. The van der Waals surface area contributed by atoms with Gasteiger partial charge < -0.3 is 14.8 Å². The topological polar surface area (TPSA) is 91.8 Å². The minimum Gasteiger partial charge on any atom is -0.497 e. The first-order valence-electron chi connectivity index (χ1n) is 6.49. The van der Waals surface area contributed by atoms with Crippen LogP contribution in [0.1, 0.15) is 11.1 Å². The molecule has 1 aromatic heterocycles. The Morgan fingerprint density at radius 1 is 1.24 bits per heavy atom. The minimum atomic E-state index is -1.61. The highest BCUT2D eigenvalue weighted by Gasteiger charge is 2.16. The molecule has 1 aromatic carbocycles. The largest absolute Gasteiger partial charge is 0.508 e. The van der Waals surface area contributed by atoms with Crippen molar-refractivity contribution in [2.45, 2.75) is 13.5 Å². The van der Waals surface area contributed by atoms with E-state index in [1.807, 2.05) is 31.2 Å². The molecular formula is C14H18BN3O3. The van der Waals surface area contributed by atoms with Gasteiger partial charge in [-0.3, -0.25) is 5.01 Å². The maximum atomic E-state index is 9.22. The summed E-state index contributed by atoms with van der Waals surface area (Å²) in [7, 11) is 0.000797. The van der Waals surface area contributed by atoms with Gasteiger partial charge in [0.1, 0.15) is 11.6 Å². The van der Waals surface area contributed by atoms with Gasteiger partial charge in [-0.15, -0.1) is 0 Å². The molecule has 21 heavy (non-hydrogen) atoms. The van der Waals surface area contributed by atoms with E-state index < -0.39 is 7.12 Å². The van der Waals surface area contributed by atoms with Gasteiger partial charge in [0.25, 0.3) is 0 Å². The van der Waals surface area contributed by atoms with Crippen molar-refractivity contribution in [3.8, 4) is 5.75 Å². The number of rotatable bonds is 5. The number of nitrogens with zero attached hydrogens (tertiary/aromatic N) is 2. The molecule has 0 aliphatic carbocycles. The van der Waals surface area contributed by atoms with E-state index in [9.17, 15) is 10.0 Å². The van der Waals surface area contributed by atoms with Crippen molar-refractivity contribution in [1.29, 1.82) is 0 Å². The van der Waals surface area contributed by atoms with Crippen molar-refractivity contribution >= 4 is 18.5 Å². The molecule has 0 saturated carbocycles. The van der Waals surface area contributed by atoms with Crippen molar-refractivity contribution in [2.75, 3.05) is 12.1 Å². The molecule has 110 valence electrons. The molecule has 6 nitrogen and oxygen atoms in total. The zero-order valence-electron chi connectivity index (χ0n) is 12.0. The van der Waals surface area contributed by atoms with Crippen molar-refractivity contribution in [3.63, 3.8) is 0 Å². The summed E-state index contributed by atoms with van der Waals surface area (Å²) in [4.78, 5) is 4.14. The summed E-state index contributed by atoms with van der Waals surface area (Å²) in [5.41, 5.74) is 2.02. The van der Waals surface area contributed by atoms with E-state index >= 15 is 0 Å². The number of hydrogen-bond donors (Lipinski definition) is 3. The highest BCUT2D eigenvalue weighted by molar-refractivity contribution is 6.57. The average molecular weight is 287 g/mol. The van der Waals surface area contributed by atoms with Crippen LogP contribution in [0.5, 0.6) is 5.75 Å². The summed E-state index contributed by atoms with van der Waals surface area (Å²) in [6.45, 7) is 2.29. The van der Waals surface area contributed by atoms with Crippen LogP contribution < -0.4 is 21.2 Å². The van der Waals surface area contributed by atoms with Crippen LogP contribution >= 0.6 is 0 Å². The number of aryl methyl sites for hydroxylation is 1. The molecule has 0 aliphatic heterocycles. The van der Waals surface area contributed by atoms with E-state index in [0.29, 0.717) is 12.4 Å². The first kappa shape index (κ1) is 15.3. The lowest BCUT2D eigenvalue weighted by atomic mass is 9.85. The summed E-state index contributed by atoms with van der Waals surface area (Å²) in [6, 6.07) is 10.9. The second-order valence-corrected chi connectivity index (χ2v) is 4.78. The summed E-state index contributed by atoms with van der Waals surface area (Å²) < 4.78 is 5.10. The molecule has 0 fully saturated rings. The highest BCUT2D eigenvalue weighted by Crippen LogP contribution is 2.15. The number of nitrogens with two attached hydrogens (primary N) is 1. The second-order valence-electron chi connectivity index (χ2n) is 4.78. The van der Waals surface area contributed by atoms with Crippen LogP contribution in [-0.2, 0) is 6.54 Å². The standard InChI is InChI=1S/C14H18BN3O3/c1-10-7-13(15(19)20)17-14(8-10)18(16)9-11-3-5-12(21-2)6-4-11/h3-8,19-20H,9,16H2,1-2H3. The zero-order chi connectivity index (χ0) is 15.4. The normalized spacial score (nSPS) is 10.3. The molecule has 0 unspecified atom stereocenters. The van der Waals surface area contributed by atoms with E-state index in [1.165, 1.54) is 5.01 Å². The van der Waals surface area contributed by atoms with E-state index in [0.717, 1.165) is 16.9 Å². The van der Waals surface area contributed by atoms with Gasteiger partial charge in [-0.25, -0.2) is 10.8 Å². The van der Waals surface area contributed by atoms with Crippen molar-refractivity contribution < 1.29 is 14.8 Å². The number of benzene rings is 1. The molecule has 0 spiro atoms. The molecule has 4 N–H and O–H groups in total. The van der Waals surface area contributed by atoms with Gasteiger partial charge in [0.2, 0.25) is 0 Å². The van der Waals surface area contributed by atoms with Gasteiger partial charge in [0, 0.05) is 0 Å². The Balaban J connectivity index is 2.17. The Kier molecular flexibility index (Phi) is 4.79. The molecule has 0 bridgehead atoms. The summed E-state index contributed by atoms with van der Waals surface area (Å²) in [5.74, 6) is 7.27. The average Bonchev–Trinajstić information content (AvgIpc) is 2.47. The predicted octanol–water partition coefficient (Wildman–Crippen LogP) is -0.0413. The van der Waals surface area contributed by atoms with E-state index in [1.54, 1.807) is 19.2 Å². The number of ether oxygens (including phenoxy) is 1. The van der Waals surface area contributed by atoms with E-state index in [4.69, 9.17) is 10.6 Å². The molecule has 0 saturated heterocycles. The fourth-order valence-corrected chi connectivity index (χ4v) is 1.96. The molecular weight excluding hydrogens is 269 g/mol. The summed E-state index contributed by atoms with van der Waals surface area (Å²) >= 11 is 0. The lowest BCUT2D eigenvalue weighted by Gasteiger charge is -2.19. The first-order chi connectivity index (χ1) is 9.99. The third-order valence-electron chi connectivity index (χ3n) is 3.05. The SMILES string of the molecule is COc1ccc(CN(N)c2cc(C)cc(B(O)O)n2)cc1. The molecule has 1 heterocycles. The van der Waals surface area contributed by atoms with Gasteiger partial charge >= 0.3 is 7.12 Å². The van der Waals surface area contributed by atoms with Gasteiger partial charge in [-0.1, -0.05) is 12.1 Å².